The lowest BCUT2D eigenvalue weighted by molar-refractivity contribution is -0.116. The monoisotopic (exact) mass is 548 g/mol. The minimum Gasteiger partial charge on any atom is -0.504 e. The van der Waals surface area contributed by atoms with E-state index in [1.807, 2.05) is 0 Å². The number of amides is 2. The van der Waals surface area contributed by atoms with Gasteiger partial charge < -0.3 is 40.2 Å². The van der Waals surface area contributed by atoms with Gasteiger partial charge in [-0.2, -0.15) is 0 Å². The number of aryl methyl sites for hydroxylation is 2. The largest absolute Gasteiger partial charge is 0.504 e. The zero-order chi connectivity index (χ0) is 28.8. The lowest BCUT2D eigenvalue weighted by Gasteiger charge is -2.30. The third-order valence-electron chi connectivity index (χ3n) is 6.78. The number of ketones is 1. The van der Waals surface area contributed by atoms with Crippen molar-refractivity contribution in [2.75, 3.05) is 21.3 Å². The van der Waals surface area contributed by atoms with E-state index in [1.54, 1.807) is 36.4 Å². The lowest BCUT2D eigenvalue weighted by Crippen LogP contribution is -2.45. The maximum absolute atomic E-state index is 13.8. The van der Waals surface area contributed by atoms with Crippen LogP contribution in [-0.4, -0.2) is 48.5 Å². The van der Waals surface area contributed by atoms with Crippen molar-refractivity contribution in [3.63, 3.8) is 0 Å². The molecule has 5 N–H and O–H groups in total. The second-order valence-corrected chi connectivity index (χ2v) is 9.29. The fraction of sp³-hybridized carbons (Fsp3) is 0.267. The van der Waals surface area contributed by atoms with E-state index in [4.69, 9.17) is 14.2 Å². The standard InChI is InChI=1S/C30H32N2O8/c1-38-25-14-17(5-10-21(25)33)4-9-20-28(24(36)12-7-18-6-11-22(34)26(15-18)39-2)29(32-30(37)31-20)19-8-13-23(35)27(16-19)40-3/h5-6,8,10-11,13-16,29,33-35H,4,7,9,12H2,1-3H3,(H2,31,32,37). The van der Waals surface area contributed by atoms with Crippen molar-refractivity contribution in [2.24, 2.45) is 0 Å². The molecule has 0 spiro atoms. The summed E-state index contributed by atoms with van der Waals surface area (Å²) in [6.07, 6.45) is 1.30. The Kier molecular flexibility index (Phi) is 8.68. The number of hydrogen-bond acceptors (Lipinski definition) is 8. The smallest absolute Gasteiger partial charge is 0.319 e. The predicted molar refractivity (Wildman–Crippen MR) is 147 cm³/mol. The van der Waals surface area contributed by atoms with Gasteiger partial charge in [-0.25, -0.2) is 4.79 Å². The Bertz CT molecular complexity index is 1450. The number of urea groups is 1. The molecule has 10 nitrogen and oxygen atoms in total. The first kappa shape index (κ1) is 28.2. The van der Waals surface area contributed by atoms with Crippen LogP contribution in [0.1, 0.15) is 35.6 Å². The minimum atomic E-state index is -0.783. The van der Waals surface area contributed by atoms with Crippen molar-refractivity contribution in [1.29, 1.82) is 0 Å². The van der Waals surface area contributed by atoms with E-state index in [0.717, 1.165) is 11.1 Å². The summed E-state index contributed by atoms with van der Waals surface area (Å²) in [7, 11) is 4.34. The van der Waals surface area contributed by atoms with E-state index < -0.39 is 12.1 Å². The number of benzene rings is 3. The first-order valence-corrected chi connectivity index (χ1v) is 12.7. The highest BCUT2D eigenvalue weighted by molar-refractivity contribution is 6.00. The second kappa shape index (κ2) is 12.3. The third-order valence-corrected chi connectivity index (χ3v) is 6.78. The van der Waals surface area contributed by atoms with E-state index in [2.05, 4.69) is 10.6 Å². The summed E-state index contributed by atoms with van der Waals surface area (Å²) in [6, 6.07) is 13.3. The molecule has 1 aliphatic heterocycles. The van der Waals surface area contributed by atoms with E-state index in [-0.39, 0.29) is 35.2 Å². The van der Waals surface area contributed by atoms with Gasteiger partial charge in [-0.15, -0.1) is 0 Å². The number of aromatic hydroxyl groups is 3. The first-order valence-electron chi connectivity index (χ1n) is 12.7. The highest BCUT2D eigenvalue weighted by Gasteiger charge is 2.32. The van der Waals surface area contributed by atoms with E-state index in [0.29, 0.717) is 47.6 Å². The highest BCUT2D eigenvalue weighted by atomic mass is 16.5. The van der Waals surface area contributed by atoms with E-state index in [1.165, 1.54) is 39.5 Å². The van der Waals surface area contributed by atoms with Crippen LogP contribution in [0.5, 0.6) is 34.5 Å². The molecular formula is C30H32N2O8. The van der Waals surface area contributed by atoms with Gasteiger partial charge in [-0.05, 0) is 72.4 Å². The van der Waals surface area contributed by atoms with Gasteiger partial charge >= 0.3 is 6.03 Å². The molecule has 1 heterocycles. The van der Waals surface area contributed by atoms with Gasteiger partial charge in [0.1, 0.15) is 0 Å². The normalized spacial score (nSPS) is 14.8. The molecule has 0 aliphatic carbocycles. The van der Waals surface area contributed by atoms with Gasteiger partial charge in [0.25, 0.3) is 0 Å². The first-order chi connectivity index (χ1) is 19.2. The van der Waals surface area contributed by atoms with Crippen LogP contribution >= 0.6 is 0 Å². The summed E-state index contributed by atoms with van der Waals surface area (Å²) >= 11 is 0. The number of carbonyl (C=O) groups is 2. The van der Waals surface area contributed by atoms with Gasteiger partial charge in [0.2, 0.25) is 0 Å². The summed E-state index contributed by atoms with van der Waals surface area (Å²) in [5.41, 5.74) is 3.09. The molecular weight excluding hydrogens is 516 g/mol. The molecule has 1 atom stereocenters. The van der Waals surface area contributed by atoms with Crippen molar-refractivity contribution in [1.82, 2.24) is 10.6 Å². The van der Waals surface area contributed by atoms with Gasteiger partial charge in [0.15, 0.2) is 40.3 Å². The Labute approximate surface area is 231 Å². The summed E-state index contributed by atoms with van der Waals surface area (Å²) < 4.78 is 15.6. The number of nitrogens with one attached hydrogen (secondary N) is 2. The molecule has 210 valence electrons. The maximum Gasteiger partial charge on any atom is 0.319 e. The van der Waals surface area contributed by atoms with Crippen molar-refractivity contribution < 1.29 is 39.1 Å². The van der Waals surface area contributed by atoms with Crippen LogP contribution in [-0.2, 0) is 17.6 Å². The summed E-state index contributed by atoms with van der Waals surface area (Å²) in [5, 5.41) is 35.6. The Morgan fingerprint density at radius 2 is 1.27 bits per heavy atom. The van der Waals surface area contributed by atoms with Gasteiger partial charge in [0, 0.05) is 17.7 Å². The van der Waals surface area contributed by atoms with Crippen LogP contribution in [0.15, 0.2) is 65.9 Å². The molecule has 3 aromatic carbocycles. The number of phenols is 3. The fourth-order valence-electron chi connectivity index (χ4n) is 4.69. The van der Waals surface area contributed by atoms with Crippen molar-refractivity contribution in [3.05, 3.63) is 82.6 Å². The van der Waals surface area contributed by atoms with Crippen LogP contribution in [0.2, 0.25) is 0 Å². The van der Waals surface area contributed by atoms with Crippen LogP contribution in [0.25, 0.3) is 0 Å². The third kappa shape index (κ3) is 6.23. The van der Waals surface area contributed by atoms with Crippen molar-refractivity contribution >= 4 is 11.8 Å². The number of Topliss-reactive ketones (excluding diaryl/α,β-unsaturated/α-hetero) is 1. The number of phenolic OH excluding ortho intramolecular Hbond substituents is 3. The number of ether oxygens (including phenoxy) is 3. The second-order valence-electron chi connectivity index (χ2n) is 9.29. The zero-order valence-electron chi connectivity index (χ0n) is 22.5. The van der Waals surface area contributed by atoms with Gasteiger partial charge in [-0.3, -0.25) is 4.79 Å². The molecule has 40 heavy (non-hydrogen) atoms. The van der Waals surface area contributed by atoms with Crippen LogP contribution in [0, 0.1) is 0 Å². The average molecular weight is 549 g/mol. The Hall–Kier alpha value is -4.86. The number of methoxy groups -OCH3 is 3. The van der Waals surface area contributed by atoms with Crippen molar-refractivity contribution in [2.45, 2.75) is 31.7 Å². The molecule has 4 rings (SSSR count). The number of allylic oxidation sites excluding steroid dienone is 1. The molecule has 1 aliphatic rings. The summed E-state index contributed by atoms with van der Waals surface area (Å²) in [6.45, 7) is 0. The predicted octanol–water partition coefficient (Wildman–Crippen LogP) is 4.27. The van der Waals surface area contributed by atoms with Gasteiger partial charge in [-0.1, -0.05) is 18.2 Å². The number of carbonyl (C=O) groups excluding carboxylic acids is 2. The lowest BCUT2D eigenvalue weighted by atomic mass is 9.88. The number of rotatable bonds is 11. The van der Waals surface area contributed by atoms with Crippen LogP contribution < -0.4 is 24.8 Å². The van der Waals surface area contributed by atoms with Crippen LogP contribution in [0.4, 0.5) is 4.79 Å². The molecule has 3 aromatic rings. The zero-order valence-corrected chi connectivity index (χ0v) is 22.5. The molecule has 0 saturated carbocycles. The molecule has 0 aromatic heterocycles. The molecule has 1 unspecified atom stereocenters. The summed E-state index contributed by atoms with van der Waals surface area (Å²) in [5.74, 6) is 0.634. The average Bonchev–Trinajstić information content (AvgIpc) is 2.96. The maximum atomic E-state index is 13.8. The SMILES string of the molecule is COc1cc(CCC(=O)C2=C(CCc3ccc(O)c(OC)c3)NC(=O)NC2c2ccc(O)c(OC)c2)ccc1O. The molecule has 0 fully saturated rings. The molecule has 0 saturated heterocycles. The highest BCUT2D eigenvalue weighted by Crippen LogP contribution is 2.36. The number of hydrogen-bond donors (Lipinski definition) is 5. The van der Waals surface area contributed by atoms with Crippen LogP contribution in [0.3, 0.4) is 0 Å². The molecule has 0 bridgehead atoms. The quantitative estimate of drug-likeness (QED) is 0.239. The molecule has 0 radical (unpaired) electrons. The minimum absolute atomic E-state index is 0.00830. The molecule has 10 heteroatoms. The Morgan fingerprint density at radius 3 is 1.85 bits per heavy atom. The summed E-state index contributed by atoms with van der Waals surface area (Å²) in [4.78, 5) is 26.6. The Balaban J connectivity index is 1.69. The van der Waals surface area contributed by atoms with E-state index in [9.17, 15) is 24.9 Å². The van der Waals surface area contributed by atoms with Gasteiger partial charge in [0.05, 0.1) is 27.4 Å². The Morgan fingerprint density at radius 1 is 0.750 bits per heavy atom. The topological polar surface area (TPSA) is 147 Å². The van der Waals surface area contributed by atoms with Crippen molar-refractivity contribution in [3.8, 4) is 34.5 Å². The molecule has 2 amide bonds. The fourth-order valence-corrected chi connectivity index (χ4v) is 4.69. The van der Waals surface area contributed by atoms with E-state index >= 15 is 0 Å².